The van der Waals surface area contributed by atoms with E-state index >= 15 is 0 Å². The van der Waals surface area contributed by atoms with Crippen LogP contribution in [0.5, 0.6) is 0 Å². The molecule has 0 bridgehead atoms. The Bertz CT molecular complexity index is 727. The zero-order valence-corrected chi connectivity index (χ0v) is 12.5. The third-order valence-corrected chi connectivity index (χ3v) is 4.12. The second-order valence-electron chi connectivity index (χ2n) is 5.20. The van der Waals surface area contributed by atoms with Crippen LogP contribution in [0, 0.1) is 0 Å². The Morgan fingerprint density at radius 3 is 2.45 bits per heavy atom. The molecule has 0 spiro atoms. The van der Waals surface area contributed by atoms with E-state index in [9.17, 15) is 14.7 Å². The number of carboxylic acids is 1. The van der Waals surface area contributed by atoms with Crippen molar-refractivity contribution in [2.24, 2.45) is 0 Å². The molecule has 0 fully saturated rings. The van der Waals surface area contributed by atoms with Crippen LogP contribution in [0.2, 0.25) is 5.02 Å². The van der Waals surface area contributed by atoms with Gasteiger partial charge in [-0.3, -0.25) is 4.79 Å². The van der Waals surface area contributed by atoms with Crippen molar-refractivity contribution in [1.82, 2.24) is 4.90 Å². The first kappa shape index (κ1) is 14.6. The highest BCUT2D eigenvalue weighted by molar-refractivity contribution is 6.30. The summed E-state index contributed by atoms with van der Waals surface area (Å²) in [6.45, 7) is 0.384. The quantitative estimate of drug-likeness (QED) is 0.926. The van der Waals surface area contributed by atoms with Gasteiger partial charge in [-0.05, 0) is 41.8 Å². The van der Waals surface area contributed by atoms with Crippen LogP contribution in [0.4, 0.5) is 0 Å². The lowest BCUT2D eigenvalue weighted by Crippen LogP contribution is -2.43. The van der Waals surface area contributed by atoms with E-state index in [1.165, 1.54) is 4.90 Å². The molecular formula is C17H14ClNO3. The lowest BCUT2D eigenvalue weighted by molar-refractivity contribution is -0.143. The molecule has 5 heteroatoms. The smallest absolute Gasteiger partial charge is 0.331 e. The number of halogens is 1. The van der Waals surface area contributed by atoms with E-state index < -0.39 is 12.0 Å². The second-order valence-corrected chi connectivity index (χ2v) is 5.63. The highest BCUT2D eigenvalue weighted by atomic mass is 35.5. The van der Waals surface area contributed by atoms with E-state index in [4.69, 9.17) is 11.6 Å². The van der Waals surface area contributed by atoms with Crippen LogP contribution in [-0.4, -0.2) is 28.4 Å². The molecule has 1 atom stereocenters. The maximum Gasteiger partial charge on any atom is 0.331 e. The summed E-state index contributed by atoms with van der Waals surface area (Å²) in [7, 11) is 0. The molecule has 1 unspecified atom stereocenters. The van der Waals surface area contributed by atoms with Crippen molar-refractivity contribution in [2.75, 3.05) is 6.54 Å². The molecule has 2 aromatic carbocycles. The molecule has 2 aromatic rings. The molecule has 1 amide bonds. The lowest BCUT2D eigenvalue weighted by Gasteiger charge is -2.34. The Morgan fingerprint density at radius 1 is 1.09 bits per heavy atom. The number of rotatable bonds is 2. The molecule has 1 aliphatic heterocycles. The van der Waals surface area contributed by atoms with Crippen molar-refractivity contribution in [3.63, 3.8) is 0 Å². The Balaban J connectivity index is 1.98. The van der Waals surface area contributed by atoms with Gasteiger partial charge >= 0.3 is 5.97 Å². The van der Waals surface area contributed by atoms with Crippen molar-refractivity contribution >= 4 is 23.5 Å². The van der Waals surface area contributed by atoms with E-state index in [2.05, 4.69) is 0 Å². The van der Waals surface area contributed by atoms with E-state index in [1.807, 2.05) is 12.1 Å². The van der Waals surface area contributed by atoms with Crippen LogP contribution in [0.15, 0.2) is 48.5 Å². The number of hydrogen-bond acceptors (Lipinski definition) is 2. The largest absolute Gasteiger partial charge is 0.479 e. The average molecular weight is 316 g/mol. The van der Waals surface area contributed by atoms with Gasteiger partial charge in [0, 0.05) is 17.1 Å². The fourth-order valence-electron chi connectivity index (χ4n) is 2.81. The standard InChI is InChI=1S/C17H14ClNO3/c18-13-7-5-12(6-8-13)16(20)19-10-9-11-3-1-2-4-14(11)15(19)17(21)22/h1-8,15H,9-10H2,(H,21,22). The van der Waals surface area contributed by atoms with Crippen molar-refractivity contribution in [2.45, 2.75) is 12.5 Å². The van der Waals surface area contributed by atoms with Crippen LogP contribution in [-0.2, 0) is 11.2 Å². The van der Waals surface area contributed by atoms with Gasteiger partial charge in [0.15, 0.2) is 6.04 Å². The van der Waals surface area contributed by atoms with Crippen molar-refractivity contribution in [1.29, 1.82) is 0 Å². The normalized spacial score (nSPS) is 17.0. The summed E-state index contributed by atoms with van der Waals surface area (Å²) < 4.78 is 0. The van der Waals surface area contributed by atoms with Crippen LogP contribution in [0.25, 0.3) is 0 Å². The van der Waals surface area contributed by atoms with Gasteiger partial charge in [-0.2, -0.15) is 0 Å². The summed E-state index contributed by atoms with van der Waals surface area (Å²) in [5.74, 6) is -1.31. The third kappa shape index (κ3) is 2.57. The molecule has 112 valence electrons. The van der Waals surface area contributed by atoms with E-state index in [-0.39, 0.29) is 5.91 Å². The molecule has 1 heterocycles. The summed E-state index contributed by atoms with van der Waals surface area (Å²) in [6.07, 6.45) is 0.652. The fraction of sp³-hybridized carbons (Fsp3) is 0.176. The van der Waals surface area contributed by atoms with Crippen LogP contribution in [0.1, 0.15) is 27.5 Å². The third-order valence-electron chi connectivity index (χ3n) is 3.87. The zero-order chi connectivity index (χ0) is 15.7. The Kier molecular flexibility index (Phi) is 3.86. The zero-order valence-electron chi connectivity index (χ0n) is 11.7. The Morgan fingerprint density at radius 2 is 1.77 bits per heavy atom. The number of amides is 1. The number of aliphatic carboxylic acids is 1. The van der Waals surface area contributed by atoms with Crippen molar-refractivity contribution < 1.29 is 14.7 Å². The van der Waals surface area contributed by atoms with Gasteiger partial charge in [0.1, 0.15) is 0 Å². The monoisotopic (exact) mass is 315 g/mol. The minimum atomic E-state index is -1.02. The number of fused-ring (bicyclic) bond motifs is 1. The summed E-state index contributed by atoms with van der Waals surface area (Å²) >= 11 is 5.83. The molecule has 0 aliphatic carbocycles. The highest BCUT2D eigenvalue weighted by Gasteiger charge is 2.36. The molecule has 0 saturated carbocycles. The highest BCUT2D eigenvalue weighted by Crippen LogP contribution is 2.31. The molecule has 3 rings (SSSR count). The van der Waals surface area contributed by atoms with Gasteiger partial charge in [0.25, 0.3) is 5.91 Å². The number of carbonyl (C=O) groups excluding carboxylic acids is 1. The van der Waals surface area contributed by atoms with E-state index in [1.54, 1.807) is 36.4 Å². The number of carboxylic acid groups (broad SMARTS) is 1. The van der Waals surface area contributed by atoms with Gasteiger partial charge in [-0.15, -0.1) is 0 Å². The first-order valence-electron chi connectivity index (χ1n) is 6.95. The molecular weight excluding hydrogens is 302 g/mol. The van der Waals surface area contributed by atoms with Gasteiger partial charge in [-0.25, -0.2) is 4.79 Å². The SMILES string of the molecule is O=C(O)C1c2ccccc2CCN1C(=O)c1ccc(Cl)cc1. The van der Waals surface area contributed by atoms with Crippen LogP contribution in [0.3, 0.4) is 0 Å². The van der Waals surface area contributed by atoms with E-state index in [0.29, 0.717) is 29.1 Å². The minimum Gasteiger partial charge on any atom is -0.479 e. The Labute approximate surface area is 132 Å². The van der Waals surface area contributed by atoms with Crippen molar-refractivity contribution in [3.05, 3.63) is 70.2 Å². The second kappa shape index (κ2) is 5.81. The van der Waals surface area contributed by atoms with Gasteiger partial charge in [0.05, 0.1) is 0 Å². The molecule has 1 aliphatic rings. The predicted octanol–water partition coefficient (Wildman–Crippen LogP) is 3.16. The topological polar surface area (TPSA) is 57.6 Å². The lowest BCUT2D eigenvalue weighted by atomic mass is 9.92. The van der Waals surface area contributed by atoms with E-state index in [0.717, 1.165) is 5.56 Å². The summed E-state index contributed by atoms with van der Waals surface area (Å²) in [4.78, 5) is 25.8. The molecule has 0 saturated heterocycles. The molecule has 0 aromatic heterocycles. The van der Waals surface area contributed by atoms with Gasteiger partial charge in [0.2, 0.25) is 0 Å². The van der Waals surface area contributed by atoms with Crippen LogP contribution < -0.4 is 0 Å². The fourth-order valence-corrected chi connectivity index (χ4v) is 2.94. The number of benzene rings is 2. The van der Waals surface area contributed by atoms with Gasteiger partial charge in [-0.1, -0.05) is 35.9 Å². The maximum absolute atomic E-state index is 12.7. The predicted molar refractivity (Wildman–Crippen MR) is 83.0 cm³/mol. The molecule has 4 nitrogen and oxygen atoms in total. The first-order chi connectivity index (χ1) is 10.6. The number of carbonyl (C=O) groups is 2. The number of nitrogens with zero attached hydrogens (tertiary/aromatic N) is 1. The summed E-state index contributed by atoms with van der Waals surface area (Å²) in [5.41, 5.74) is 2.11. The summed E-state index contributed by atoms with van der Waals surface area (Å²) in [6, 6.07) is 12.9. The summed E-state index contributed by atoms with van der Waals surface area (Å²) in [5, 5.41) is 10.1. The maximum atomic E-state index is 12.7. The molecule has 0 radical (unpaired) electrons. The average Bonchev–Trinajstić information content (AvgIpc) is 2.53. The number of hydrogen-bond donors (Lipinski definition) is 1. The minimum absolute atomic E-state index is 0.293. The van der Waals surface area contributed by atoms with Crippen molar-refractivity contribution in [3.8, 4) is 0 Å². The molecule has 22 heavy (non-hydrogen) atoms. The Hall–Kier alpha value is -2.33. The molecule has 1 N–H and O–H groups in total. The first-order valence-corrected chi connectivity index (χ1v) is 7.33. The van der Waals surface area contributed by atoms with Crippen LogP contribution >= 0.6 is 11.6 Å². The van der Waals surface area contributed by atoms with Gasteiger partial charge < -0.3 is 10.0 Å².